The molecule has 1 aromatic carbocycles. The summed E-state index contributed by atoms with van der Waals surface area (Å²) in [5.41, 5.74) is 1.40. The van der Waals surface area contributed by atoms with Crippen molar-refractivity contribution in [3.8, 4) is 11.5 Å². The molecular weight excluding hydrogens is 386 g/mol. The second kappa shape index (κ2) is 8.61. The van der Waals surface area contributed by atoms with E-state index in [1.165, 1.54) is 19.3 Å². The highest BCUT2D eigenvalue weighted by molar-refractivity contribution is 7.80. The maximum atomic E-state index is 12.8. The van der Waals surface area contributed by atoms with Crippen LogP contribution in [0.1, 0.15) is 51.5 Å². The molecule has 0 atom stereocenters. The average Bonchev–Trinajstić information content (AvgIpc) is 3.16. The van der Waals surface area contributed by atoms with E-state index in [2.05, 4.69) is 29.0 Å². The van der Waals surface area contributed by atoms with Crippen molar-refractivity contribution < 1.29 is 9.47 Å². The van der Waals surface area contributed by atoms with E-state index in [9.17, 15) is 4.79 Å². The molecule has 1 aliphatic carbocycles. The van der Waals surface area contributed by atoms with Gasteiger partial charge in [0.25, 0.3) is 5.56 Å². The standard InChI is InChI=1S/C22H29N3O3S/c1-14(2)11-23-22(29)25(17-6-4-3-5-7-17)12-16-8-15-9-19-20(28-13-27-19)10-18(15)24-21(16)26/h8-10,14,17H,3-7,11-13H2,1-2H3,(H,23,29)(H,24,26). The van der Waals surface area contributed by atoms with Crippen molar-refractivity contribution in [1.82, 2.24) is 15.2 Å². The molecule has 2 N–H and O–H groups in total. The van der Waals surface area contributed by atoms with Gasteiger partial charge in [0.15, 0.2) is 16.6 Å². The van der Waals surface area contributed by atoms with Gasteiger partial charge >= 0.3 is 0 Å². The molecule has 0 bridgehead atoms. The normalized spacial score (nSPS) is 16.4. The lowest BCUT2D eigenvalue weighted by atomic mass is 9.94. The molecule has 7 heteroatoms. The summed E-state index contributed by atoms with van der Waals surface area (Å²) in [5, 5.41) is 5.08. The first-order chi connectivity index (χ1) is 14.0. The van der Waals surface area contributed by atoms with Crippen LogP contribution in [-0.2, 0) is 6.54 Å². The van der Waals surface area contributed by atoms with Crippen LogP contribution in [-0.4, -0.2) is 34.4 Å². The number of nitrogens with zero attached hydrogens (tertiary/aromatic N) is 1. The summed E-state index contributed by atoms with van der Waals surface area (Å²) in [6.07, 6.45) is 5.94. The Morgan fingerprint density at radius 3 is 2.66 bits per heavy atom. The van der Waals surface area contributed by atoms with Crippen molar-refractivity contribution >= 4 is 28.2 Å². The van der Waals surface area contributed by atoms with E-state index in [-0.39, 0.29) is 12.4 Å². The first-order valence-corrected chi connectivity index (χ1v) is 10.9. The highest BCUT2D eigenvalue weighted by Crippen LogP contribution is 2.35. The van der Waals surface area contributed by atoms with Crippen molar-refractivity contribution in [2.75, 3.05) is 13.3 Å². The van der Waals surface area contributed by atoms with E-state index in [4.69, 9.17) is 21.7 Å². The zero-order chi connectivity index (χ0) is 20.4. The maximum Gasteiger partial charge on any atom is 0.253 e. The fourth-order valence-electron chi connectivity index (χ4n) is 4.09. The molecule has 1 aromatic heterocycles. The number of nitrogens with one attached hydrogen (secondary N) is 2. The number of fused-ring (bicyclic) bond motifs is 2. The molecule has 0 radical (unpaired) electrons. The number of ether oxygens (including phenoxy) is 2. The predicted molar refractivity (Wildman–Crippen MR) is 119 cm³/mol. The number of rotatable bonds is 5. The summed E-state index contributed by atoms with van der Waals surface area (Å²) >= 11 is 5.74. The summed E-state index contributed by atoms with van der Waals surface area (Å²) in [7, 11) is 0. The molecule has 2 heterocycles. The van der Waals surface area contributed by atoms with Crippen LogP contribution in [0.25, 0.3) is 10.9 Å². The van der Waals surface area contributed by atoms with E-state index in [1.54, 1.807) is 0 Å². The topological polar surface area (TPSA) is 66.6 Å². The van der Waals surface area contributed by atoms with Crippen LogP contribution in [0, 0.1) is 5.92 Å². The Morgan fingerprint density at radius 2 is 1.93 bits per heavy atom. The number of pyridine rings is 1. The van der Waals surface area contributed by atoms with Crippen LogP contribution in [0.4, 0.5) is 0 Å². The molecular formula is C22H29N3O3S. The lowest BCUT2D eigenvalue weighted by molar-refractivity contribution is 0.174. The number of thiocarbonyl (C=S) groups is 1. The van der Waals surface area contributed by atoms with Crippen LogP contribution < -0.4 is 20.3 Å². The van der Waals surface area contributed by atoms with E-state index in [1.807, 2.05) is 18.2 Å². The molecule has 0 saturated heterocycles. The third-order valence-corrected chi connectivity index (χ3v) is 6.07. The smallest absolute Gasteiger partial charge is 0.253 e. The molecule has 6 nitrogen and oxygen atoms in total. The molecule has 4 rings (SSSR count). The Hall–Kier alpha value is -2.28. The average molecular weight is 416 g/mol. The third-order valence-electron chi connectivity index (χ3n) is 5.69. The minimum absolute atomic E-state index is 0.0798. The summed E-state index contributed by atoms with van der Waals surface area (Å²) in [4.78, 5) is 18.0. The quantitative estimate of drug-likeness (QED) is 0.722. The number of aromatic nitrogens is 1. The Morgan fingerprint density at radius 1 is 1.21 bits per heavy atom. The number of benzene rings is 1. The van der Waals surface area contributed by atoms with Crippen molar-refractivity contribution in [2.24, 2.45) is 5.92 Å². The van der Waals surface area contributed by atoms with Gasteiger partial charge in [-0.2, -0.15) is 0 Å². The van der Waals surface area contributed by atoms with Gasteiger partial charge in [0.1, 0.15) is 0 Å². The van der Waals surface area contributed by atoms with E-state index in [0.29, 0.717) is 30.0 Å². The van der Waals surface area contributed by atoms with Crippen LogP contribution in [0.3, 0.4) is 0 Å². The second-order valence-electron chi connectivity index (χ2n) is 8.42. The van der Waals surface area contributed by atoms with Gasteiger partial charge in [0.05, 0.1) is 12.1 Å². The lowest BCUT2D eigenvalue weighted by Gasteiger charge is -2.36. The zero-order valence-corrected chi connectivity index (χ0v) is 17.9. The van der Waals surface area contributed by atoms with Gasteiger partial charge in [-0.05, 0) is 43.1 Å². The third kappa shape index (κ3) is 4.50. The van der Waals surface area contributed by atoms with E-state index >= 15 is 0 Å². The van der Waals surface area contributed by atoms with Gasteiger partial charge in [0.2, 0.25) is 6.79 Å². The summed E-state index contributed by atoms with van der Waals surface area (Å²) < 4.78 is 10.9. The van der Waals surface area contributed by atoms with Crippen molar-refractivity contribution in [2.45, 2.75) is 58.5 Å². The Labute approximate surface area is 176 Å². The molecule has 2 aromatic rings. The van der Waals surface area contributed by atoms with E-state index < -0.39 is 0 Å². The van der Waals surface area contributed by atoms with Gasteiger partial charge in [-0.25, -0.2) is 0 Å². The van der Waals surface area contributed by atoms with Gasteiger partial charge in [-0.3, -0.25) is 4.79 Å². The Bertz CT molecular complexity index is 950. The molecule has 0 unspecified atom stereocenters. The zero-order valence-electron chi connectivity index (χ0n) is 17.1. The molecule has 0 spiro atoms. The van der Waals surface area contributed by atoms with Crippen molar-refractivity contribution in [3.63, 3.8) is 0 Å². The molecule has 29 heavy (non-hydrogen) atoms. The van der Waals surface area contributed by atoms with Gasteiger partial charge in [-0.15, -0.1) is 0 Å². The SMILES string of the molecule is CC(C)CNC(=S)N(Cc1cc2cc3c(cc2[nH]c1=O)OCO3)C1CCCCC1. The second-order valence-corrected chi connectivity index (χ2v) is 8.80. The highest BCUT2D eigenvalue weighted by atomic mass is 32.1. The fraction of sp³-hybridized carbons (Fsp3) is 0.545. The number of H-pyrrole nitrogens is 1. The van der Waals surface area contributed by atoms with Crippen LogP contribution in [0.5, 0.6) is 11.5 Å². The van der Waals surface area contributed by atoms with Crippen LogP contribution in [0.15, 0.2) is 23.0 Å². The van der Waals surface area contributed by atoms with Crippen LogP contribution in [0.2, 0.25) is 0 Å². The minimum atomic E-state index is -0.0798. The Balaban J connectivity index is 1.62. The number of hydrogen-bond donors (Lipinski definition) is 2. The molecule has 1 saturated carbocycles. The first kappa shape index (κ1) is 20.0. The van der Waals surface area contributed by atoms with E-state index in [0.717, 1.165) is 41.0 Å². The number of aromatic amines is 1. The molecule has 1 aliphatic heterocycles. The monoisotopic (exact) mass is 415 g/mol. The Kier molecular flexibility index (Phi) is 5.94. The predicted octanol–water partition coefficient (Wildman–Crippen LogP) is 3.92. The van der Waals surface area contributed by atoms with Gasteiger partial charge in [0, 0.05) is 29.6 Å². The van der Waals surface area contributed by atoms with Gasteiger partial charge < -0.3 is 24.7 Å². The van der Waals surface area contributed by atoms with Gasteiger partial charge in [-0.1, -0.05) is 33.1 Å². The summed E-state index contributed by atoms with van der Waals surface area (Å²) in [5.74, 6) is 1.90. The van der Waals surface area contributed by atoms with Crippen molar-refractivity contribution in [1.29, 1.82) is 0 Å². The molecule has 1 fully saturated rings. The lowest BCUT2D eigenvalue weighted by Crippen LogP contribution is -2.47. The number of hydrogen-bond acceptors (Lipinski definition) is 4. The van der Waals surface area contributed by atoms with Crippen molar-refractivity contribution in [3.05, 3.63) is 34.1 Å². The first-order valence-electron chi connectivity index (χ1n) is 10.5. The summed E-state index contributed by atoms with van der Waals surface area (Å²) in [6, 6.07) is 6.09. The highest BCUT2D eigenvalue weighted by Gasteiger charge is 2.25. The van der Waals surface area contributed by atoms with Crippen LogP contribution >= 0.6 is 12.2 Å². The molecule has 0 amide bonds. The fourth-order valence-corrected chi connectivity index (χ4v) is 4.39. The summed E-state index contributed by atoms with van der Waals surface area (Å²) in [6.45, 7) is 5.89. The molecule has 156 valence electrons. The largest absolute Gasteiger partial charge is 0.454 e. The minimum Gasteiger partial charge on any atom is -0.454 e. The maximum absolute atomic E-state index is 12.8. The molecule has 2 aliphatic rings.